The molecule has 2 atom stereocenters. The number of hydrogen-bond acceptors (Lipinski definition) is 3. The summed E-state index contributed by atoms with van der Waals surface area (Å²) < 4.78 is 5.79. The lowest BCUT2D eigenvalue weighted by molar-refractivity contribution is 0.116. The van der Waals surface area contributed by atoms with Gasteiger partial charge >= 0.3 is 0 Å². The maximum absolute atomic E-state index is 9.62. The summed E-state index contributed by atoms with van der Waals surface area (Å²) in [6, 6.07) is 7.99. The van der Waals surface area contributed by atoms with Crippen molar-refractivity contribution in [3.63, 3.8) is 0 Å². The van der Waals surface area contributed by atoms with E-state index >= 15 is 0 Å². The van der Waals surface area contributed by atoms with Crippen LogP contribution in [0, 0.1) is 11.8 Å². The summed E-state index contributed by atoms with van der Waals surface area (Å²) >= 11 is 5.94. The van der Waals surface area contributed by atoms with Crippen molar-refractivity contribution in [2.75, 3.05) is 26.3 Å². The van der Waals surface area contributed by atoms with Crippen LogP contribution in [0.1, 0.15) is 20.3 Å². The number of halogens is 1. The first-order valence-electron chi connectivity index (χ1n) is 7.33. The van der Waals surface area contributed by atoms with Gasteiger partial charge in [0.05, 0.1) is 6.61 Å². The zero-order chi connectivity index (χ0) is 14.5. The molecule has 20 heavy (non-hydrogen) atoms. The summed E-state index contributed by atoms with van der Waals surface area (Å²) in [5, 5.41) is 10.3. The van der Waals surface area contributed by atoms with Crippen LogP contribution in [0.25, 0.3) is 0 Å². The van der Waals surface area contributed by atoms with Crippen LogP contribution in [0.4, 0.5) is 0 Å². The third-order valence-corrected chi connectivity index (χ3v) is 4.38. The minimum Gasteiger partial charge on any atom is -0.493 e. The number of aliphatic hydroxyl groups excluding tert-OH is 1. The van der Waals surface area contributed by atoms with Crippen LogP contribution in [-0.4, -0.2) is 42.4 Å². The highest BCUT2D eigenvalue weighted by Crippen LogP contribution is 2.26. The van der Waals surface area contributed by atoms with E-state index in [0.29, 0.717) is 23.6 Å². The minimum absolute atomic E-state index is 0.178. The highest BCUT2D eigenvalue weighted by Gasteiger charge is 2.30. The molecule has 2 unspecified atom stereocenters. The Labute approximate surface area is 126 Å². The lowest BCUT2D eigenvalue weighted by atomic mass is 9.93. The molecule has 1 N–H and O–H groups in total. The van der Waals surface area contributed by atoms with E-state index in [1.807, 2.05) is 24.3 Å². The Morgan fingerprint density at radius 1 is 1.45 bits per heavy atom. The summed E-state index contributed by atoms with van der Waals surface area (Å²) in [5.74, 6) is 1.48. The molecule has 3 nitrogen and oxygen atoms in total. The summed E-state index contributed by atoms with van der Waals surface area (Å²) in [6.07, 6.45) is 1.14. The average Bonchev–Trinajstić information content (AvgIpc) is 2.89. The molecule has 0 saturated carbocycles. The van der Waals surface area contributed by atoms with Crippen LogP contribution in [0.5, 0.6) is 5.75 Å². The number of nitrogens with zero attached hydrogens (tertiary/aromatic N) is 1. The summed E-state index contributed by atoms with van der Waals surface area (Å²) in [7, 11) is 0. The van der Waals surface area contributed by atoms with Gasteiger partial charge in [-0.3, -0.25) is 0 Å². The Bertz CT molecular complexity index is 425. The second-order valence-electron chi connectivity index (χ2n) is 5.85. The van der Waals surface area contributed by atoms with E-state index in [1.54, 1.807) is 0 Å². The first-order valence-corrected chi connectivity index (χ1v) is 7.71. The van der Waals surface area contributed by atoms with E-state index in [9.17, 15) is 5.11 Å². The molecule has 4 heteroatoms. The molecule has 2 rings (SSSR count). The Morgan fingerprint density at radius 3 is 2.85 bits per heavy atom. The van der Waals surface area contributed by atoms with Gasteiger partial charge in [-0.05, 0) is 50.9 Å². The van der Waals surface area contributed by atoms with E-state index in [1.165, 1.54) is 0 Å². The molecule has 0 aromatic heterocycles. The number of hydrogen-bond donors (Lipinski definition) is 1. The highest BCUT2D eigenvalue weighted by atomic mass is 35.5. The SMILES string of the molecule is CC(C)N1CCC(C(CO)COc2cccc(Cl)c2)C1. The summed E-state index contributed by atoms with van der Waals surface area (Å²) in [6.45, 7) is 7.35. The van der Waals surface area contributed by atoms with Crippen molar-refractivity contribution in [3.05, 3.63) is 29.3 Å². The Hall–Kier alpha value is -0.770. The van der Waals surface area contributed by atoms with Crippen molar-refractivity contribution in [3.8, 4) is 5.75 Å². The van der Waals surface area contributed by atoms with Crippen LogP contribution in [-0.2, 0) is 0 Å². The van der Waals surface area contributed by atoms with Gasteiger partial charge in [0.25, 0.3) is 0 Å². The van der Waals surface area contributed by atoms with Gasteiger partial charge in [0, 0.05) is 30.1 Å². The first-order chi connectivity index (χ1) is 9.60. The summed E-state index contributed by atoms with van der Waals surface area (Å²) in [5.41, 5.74) is 0. The highest BCUT2D eigenvalue weighted by molar-refractivity contribution is 6.30. The van der Waals surface area contributed by atoms with E-state index in [4.69, 9.17) is 16.3 Å². The number of rotatable bonds is 6. The maximum Gasteiger partial charge on any atom is 0.120 e. The molecule has 0 spiro atoms. The second-order valence-corrected chi connectivity index (χ2v) is 6.28. The van der Waals surface area contributed by atoms with Crippen LogP contribution >= 0.6 is 11.6 Å². The fraction of sp³-hybridized carbons (Fsp3) is 0.625. The predicted molar refractivity (Wildman–Crippen MR) is 82.3 cm³/mol. The van der Waals surface area contributed by atoms with Gasteiger partial charge in [-0.1, -0.05) is 17.7 Å². The molecule has 1 aromatic carbocycles. The van der Waals surface area contributed by atoms with Crippen molar-refractivity contribution in [1.82, 2.24) is 4.90 Å². The molecule has 1 heterocycles. The molecule has 0 radical (unpaired) electrons. The van der Waals surface area contributed by atoms with Crippen molar-refractivity contribution < 1.29 is 9.84 Å². The molecule has 1 aliphatic rings. The van der Waals surface area contributed by atoms with Crippen molar-refractivity contribution in [1.29, 1.82) is 0 Å². The quantitative estimate of drug-likeness (QED) is 0.876. The van der Waals surface area contributed by atoms with Crippen LogP contribution in [0.3, 0.4) is 0 Å². The molecule has 112 valence electrons. The normalized spacial score (nSPS) is 21.4. The Morgan fingerprint density at radius 2 is 2.25 bits per heavy atom. The average molecular weight is 298 g/mol. The fourth-order valence-corrected chi connectivity index (χ4v) is 2.95. The van der Waals surface area contributed by atoms with Crippen LogP contribution in [0.15, 0.2) is 24.3 Å². The van der Waals surface area contributed by atoms with Crippen LogP contribution < -0.4 is 4.74 Å². The number of aliphatic hydroxyl groups is 1. The topological polar surface area (TPSA) is 32.7 Å². The van der Waals surface area contributed by atoms with Crippen LogP contribution in [0.2, 0.25) is 5.02 Å². The van der Waals surface area contributed by atoms with Crippen molar-refractivity contribution in [2.45, 2.75) is 26.3 Å². The number of ether oxygens (including phenoxy) is 1. The molecular formula is C16H24ClNO2. The molecule has 0 aliphatic carbocycles. The molecule has 1 fully saturated rings. The monoisotopic (exact) mass is 297 g/mol. The molecule has 1 aromatic rings. The van der Waals surface area contributed by atoms with Gasteiger partial charge in [0.2, 0.25) is 0 Å². The standard InChI is InChI=1S/C16H24ClNO2/c1-12(2)18-7-6-13(9-18)14(10-19)11-20-16-5-3-4-15(17)8-16/h3-5,8,12-14,19H,6-7,9-11H2,1-2H3. The fourth-order valence-electron chi connectivity index (χ4n) is 2.77. The first kappa shape index (κ1) is 15.6. The molecule has 1 saturated heterocycles. The molecule has 0 bridgehead atoms. The van der Waals surface area contributed by atoms with Crippen molar-refractivity contribution >= 4 is 11.6 Å². The second kappa shape index (κ2) is 7.30. The molecule has 0 amide bonds. The van der Waals surface area contributed by atoms with E-state index < -0.39 is 0 Å². The molecular weight excluding hydrogens is 274 g/mol. The third-order valence-electron chi connectivity index (χ3n) is 4.15. The largest absolute Gasteiger partial charge is 0.493 e. The van der Waals surface area contributed by atoms with E-state index in [-0.39, 0.29) is 12.5 Å². The number of benzene rings is 1. The van der Waals surface area contributed by atoms with Crippen molar-refractivity contribution in [2.24, 2.45) is 11.8 Å². The Kier molecular flexibility index (Phi) is 5.70. The lowest BCUT2D eigenvalue weighted by Crippen LogP contribution is -2.31. The minimum atomic E-state index is 0.178. The van der Waals surface area contributed by atoms with E-state index in [0.717, 1.165) is 25.3 Å². The maximum atomic E-state index is 9.62. The van der Waals surface area contributed by atoms with Gasteiger partial charge < -0.3 is 14.7 Å². The number of likely N-dealkylation sites (tertiary alicyclic amines) is 1. The lowest BCUT2D eigenvalue weighted by Gasteiger charge is -2.24. The smallest absolute Gasteiger partial charge is 0.120 e. The summed E-state index contributed by atoms with van der Waals surface area (Å²) in [4.78, 5) is 2.46. The zero-order valence-corrected chi connectivity index (χ0v) is 13.0. The van der Waals surface area contributed by atoms with Gasteiger partial charge in [0.15, 0.2) is 0 Å². The predicted octanol–water partition coefficient (Wildman–Crippen LogP) is 3.06. The third kappa shape index (κ3) is 4.11. The Balaban J connectivity index is 1.87. The van der Waals surface area contributed by atoms with Gasteiger partial charge in [0.1, 0.15) is 5.75 Å². The molecule has 1 aliphatic heterocycles. The zero-order valence-electron chi connectivity index (χ0n) is 12.3. The van der Waals surface area contributed by atoms with E-state index in [2.05, 4.69) is 18.7 Å². The van der Waals surface area contributed by atoms with Gasteiger partial charge in [-0.25, -0.2) is 0 Å². The van der Waals surface area contributed by atoms with Gasteiger partial charge in [-0.2, -0.15) is 0 Å². The van der Waals surface area contributed by atoms with Gasteiger partial charge in [-0.15, -0.1) is 0 Å².